The van der Waals surface area contributed by atoms with E-state index in [1.807, 2.05) is 6.92 Å². The van der Waals surface area contributed by atoms with E-state index in [-0.39, 0.29) is 12.3 Å². The quantitative estimate of drug-likeness (QED) is 0.855. The van der Waals surface area contributed by atoms with Crippen molar-refractivity contribution in [3.05, 3.63) is 35.9 Å². The predicted octanol–water partition coefficient (Wildman–Crippen LogP) is 2.53. The molecule has 0 aliphatic rings. The first-order valence-electron chi connectivity index (χ1n) is 6.97. The average molecular weight is 325 g/mol. The second-order valence-electron chi connectivity index (χ2n) is 4.65. The van der Waals surface area contributed by atoms with Crippen molar-refractivity contribution in [3.63, 3.8) is 0 Å². The third kappa shape index (κ3) is 4.38. The molecular weight excluding hydrogens is 308 g/mol. The number of carbonyl (C=O) groups excluding carboxylic acids is 1. The minimum Gasteiger partial charge on any atom is -0.434 e. The fourth-order valence-corrected chi connectivity index (χ4v) is 1.98. The fraction of sp³-hybridized carbons (Fsp3) is 0.357. The van der Waals surface area contributed by atoms with Crippen molar-refractivity contribution < 1.29 is 18.3 Å². The average Bonchev–Trinajstić information content (AvgIpc) is 2.96. The summed E-state index contributed by atoms with van der Waals surface area (Å²) in [6.45, 7) is 1.49. The molecule has 0 fully saturated rings. The van der Waals surface area contributed by atoms with Crippen LogP contribution in [-0.2, 0) is 13.1 Å². The van der Waals surface area contributed by atoms with E-state index in [0.717, 1.165) is 0 Å². The number of alkyl halides is 2. The van der Waals surface area contributed by atoms with Gasteiger partial charge in [-0.2, -0.15) is 8.78 Å². The predicted molar refractivity (Wildman–Crippen MR) is 79.4 cm³/mol. The Kier molecular flexibility index (Phi) is 5.45. The van der Waals surface area contributed by atoms with Crippen LogP contribution in [0.2, 0.25) is 0 Å². The molecule has 9 heteroatoms. The van der Waals surface area contributed by atoms with E-state index in [9.17, 15) is 13.6 Å². The number of hydrogen-bond acceptors (Lipinski definition) is 4. The van der Waals surface area contributed by atoms with E-state index >= 15 is 0 Å². The summed E-state index contributed by atoms with van der Waals surface area (Å²) in [5.74, 6) is 0.637. The highest BCUT2D eigenvalue weighted by Gasteiger charge is 2.12. The van der Waals surface area contributed by atoms with Crippen LogP contribution in [0.4, 0.5) is 19.3 Å². The molecule has 2 amide bonds. The van der Waals surface area contributed by atoms with Crippen molar-refractivity contribution in [2.45, 2.75) is 33.5 Å². The lowest BCUT2D eigenvalue weighted by Crippen LogP contribution is -2.29. The van der Waals surface area contributed by atoms with Crippen LogP contribution in [0.1, 0.15) is 18.3 Å². The molecule has 0 radical (unpaired) electrons. The summed E-state index contributed by atoms with van der Waals surface area (Å²) in [6.07, 6.45) is 1.57. The smallest absolute Gasteiger partial charge is 0.387 e. The maximum Gasteiger partial charge on any atom is 0.387 e. The van der Waals surface area contributed by atoms with Crippen LogP contribution in [0.15, 0.2) is 24.5 Å². The van der Waals surface area contributed by atoms with Gasteiger partial charge in [0.1, 0.15) is 12.1 Å². The van der Waals surface area contributed by atoms with Crippen LogP contribution >= 0.6 is 0 Å². The number of nitrogens with one attached hydrogen (secondary N) is 2. The number of urea groups is 1. The first kappa shape index (κ1) is 16.7. The number of carbonyl (C=O) groups is 1. The Bertz CT molecular complexity index is 675. The highest BCUT2D eigenvalue weighted by Crippen LogP contribution is 2.26. The number of anilines is 1. The van der Waals surface area contributed by atoms with Gasteiger partial charge < -0.3 is 19.9 Å². The van der Waals surface area contributed by atoms with Crippen LogP contribution in [0.3, 0.4) is 0 Å². The zero-order valence-corrected chi connectivity index (χ0v) is 12.7. The molecule has 124 valence electrons. The van der Waals surface area contributed by atoms with Gasteiger partial charge >= 0.3 is 12.6 Å². The molecule has 0 bridgehead atoms. The summed E-state index contributed by atoms with van der Waals surface area (Å²) in [5.41, 5.74) is 0.803. The highest BCUT2D eigenvalue weighted by molar-refractivity contribution is 5.90. The highest BCUT2D eigenvalue weighted by atomic mass is 19.3. The Morgan fingerprint density at radius 3 is 2.91 bits per heavy atom. The van der Waals surface area contributed by atoms with Gasteiger partial charge in [-0.1, -0.05) is 6.07 Å². The normalized spacial score (nSPS) is 10.7. The number of aryl methyl sites for hydroxylation is 1. The van der Waals surface area contributed by atoms with E-state index in [0.29, 0.717) is 23.6 Å². The molecule has 7 nitrogen and oxygen atoms in total. The van der Waals surface area contributed by atoms with E-state index in [4.69, 9.17) is 0 Å². The van der Waals surface area contributed by atoms with Crippen LogP contribution in [0.25, 0.3) is 0 Å². The van der Waals surface area contributed by atoms with Gasteiger partial charge in [0, 0.05) is 17.8 Å². The van der Waals surface area contributed by atoms with E-state index in [1.165, 1.54) is 12.1 Å². The monoisotopic (exact) mass is 325 g/mol. The topological polar surface area (TPSA) is 81.1 Å². The fourth-order valence-electron chi connectivity index (χ4n) is 1.98. The summed E-state index contributed by atoms with van der Waals surface area (Å²) >= 11 is 0. The summed E-state index contributed by atoms with van der Waals surface area (Å²) < 4.78 is 30.8. The number of aromatic nitrogens is 3. The number of nitrogens with zero attached hydrogens (tertiary/aromatic N) is 3. The first-order valence-corrected chi connectivity index (χ1v) is 6.97. The van der Waals surface area contributed by atoms with Crippen LogP contribution in [0, 0.1) is 6.92 Å². The molecule has 2 rings (SSSR count). The molecular formula is C14H17F2N5O2. The number of benzene rings is 1. The Morgan fingerprint density at radius 2 is 2.22 bits per heavy atom. The van der Waals surface area contributed by atoms with Gasteiger partial charge in [-0.3, -0.25) is 0 Å². The Morgan fingerprint density at radius 1 is 1.43 bits per heavy atom. The van der Waals surface area contributed by atoms with Crippen molar-refractivity contribution in [3.8, 4) is 5.75 Å². The molecule has 0 saturated heterocycles. The van der Waals surface area contributed by atoms with Crippen molar-refractivity contribution in [2.75, 3.05) is 5.32 Å². The minimum atomic E-state index is -2.92. The molecule has 2 N–H and O–H groups in total. The third-order valence-electron chi connectivity index (χ3n) is 3.19. The lowest BCUT2D eigenvalue weighted by molar-refractivity contribution is -0.0502. The van der Waals surface area contributed by atoms with Crippen molar-refractivity contribution >= 4 is 11.7 Å². The van der Waals surface area contributed by atoms with E-state index in [1.54, 1.807) is 23.9 Å². The van der Waals surface area contributed by atoms with Gasteiger partial charge in [0.05, 0.1) is 6.54 Å². The maximum atomic E-state index is 12.3. The van der Waals surface area contributed by atoms with Gasteiger partial charge in [-0.05, 0) is 26.0 Å². The standard InChI is InChI=1S/C14H17F2N5O2/c1-3-21-8-18-20-12(21)7-17-14(22)19-10-5-4-6-11(9(10)2)23-13(15)16/h4-6,8,13H,3,7H2,1-2H3,(H2,17,19,22). The molecule has 1 aromatic carbocycles. The van der Waals surface area contributed by atoms with Crippen molar-refractivity contribution in [1.29, 1.82) is 0 Å². The number of ether oxygens (including phenoxy) is 1. The van der Waals surface area contributed by atoms with Gasteiger partial charge in [0.15, 0.2) is 5.82 Å². The third-order valence-corrected chi connectivity index (χ3v) is 3.19. The number of rotatable bonds is 6. The van der Waals surface area contributed by atoms with Crippen LogP contribution in [0.5, 0.6) is 5.75 Å². The first-order chi connectivity index (χ1) is 11.0. The molecule has 0 atom stereocenters. The molecule has 0 unspecified atom stereocenters. The molecule has 2 aromatic rings. The number of amides is 2. The second kappa shape index (κ2) is 7.52. The number of halogens is 2. The Labute approximate surface area is 131 Å². The Hall–Kier alpha value is -2.71. The number of hydrogen-bond donors (Lipinski definition) is 2. The van der Waals surface area contributed by atoms with Crippen molar-refractivity contribution in [1.82, 2.24) is 20.1 Å². The van der Waals surface area contributed by atoms with Gasteiger partial charge in [-0.25, -0.2) is 4.79 Å². The van der Waals surface area contributed by atoms with Crippen LogP contribution in [-0.4, -0.2) is 27.4 Å². The summed E-state index contributed by atoms with van der Waals surface area (Å²) in [6, 6.07) is 4.05. The zero-order chi connectivity index (χ0) is 16.8. The molecule has 1 aromatic heterocycles. The molecule has 0 saturated carbocycles. The summed E-state index contributed by atoms with van der Waals surface area (Å²) in [7, 11) is 0. The van der Waals surface area contributed by atoms with Crippen molar-refractivity contribution in [2.24, 2.45) is 0 Å². The van der Waals surface area contributed by atoms with E-state index in [2.05, 4.69) is 25.6 Å². The molecule has 0 aliphatic heterocycles. The van der Waals surface area contributed by atoms with E-state index < -0.39 is 12.6 Å². The second-order valence-corrected chi connectivity index (χ2v) is 4.65. The van der Waals surface area contributed by atoms with Crippen LogP contribution < -0.4 is 15.4 Å². The lowest BCUT2D eigenvalue weighted by Gasteiger charge is -2.13. The molecule has 0 aliphatic carbocycles. The molecule has 1 heterocycles. The summed E-state index contributed by atoms with van der Waals surface area (Å²) in [5, 5.41) is 12.9. The Balaban J connectivity index is 1.97. The largest absolute Gasteiger partial charge is 0.434 e. The summed E-state index contributed by atoms with van der Waals surface area (Å²) in [4.78, 5) is 11.9. The SMILES string of the molecule is CCn1cnnc1CNC(=O)Nc1cccc(OC(F)F)c1C. The van der Waals surface area contributed by atoms with Gasteiger partial charge in [0.2, 0.25) is 0 Å². The molecule has 23 heavy (non-hydrogen) atoms. The zero-order valence-electron chi connectivity index (χ0n) is 12.7. The van der Waals surface area contributed by atoms with Gasteiger partial charge in [0.25, 0.3) is 0 Å². The molecule has 0 spiro atoms. The maximum absolute atomic E-state index is 12.3. The van der Waals surface area contributed by atoms with Gasteiger partial charge in [-0.15, -0.1) is 10.2 Å². The lowest BCUT2D eigenvalue weighted by atomic mass is 10.2. The minimum absolute atomic E-state index is 0.0172.